The van der Waals surface area contributed by atoms with Crippen LogP contribution in [0, 0.1) is 11.8 Å². The number of aliphatic hydroxyl groups is 1. The number of β-amino-alcohol motifs (C(OH)–C–C–N with tert-alkyl or cyclic N) is 1. The molecule has 2 rings (SSSR count). The van der Waals surface area contributed by atoms with Gasteiger partial charge in [-0.15, -0.1) is 0 Å². The van der Waals surface area contributed by atoms with Crippen LogP contribution >= 0.6 is 0 Å². The fraction of sp³-hybridized carbons (Fsp3) is 1.00. The number of nitrogens with zero attached hydrogens (tertiary/aromatic N) is 1. The van der Waals surface area contributed by atoms with Crippen molar-refractivity contribution in [3.63, 3.8) is 0 Å². The second-order valence-corrected chi connectivity index (χ2v) is 5.80. The molecule has 1 saturated heterocycles. The van der Waals surface area contributed by atoms with Gasteiger partial charge in [-0.05, 0) is 31.6 Å². The van der Waals surface area contributed by atoms with Crippen LogP contribution in [-0.2, 0) is 0 Å². The molecule has 0 aromatic rings. The molecule has 0 aromatic carbocycles. The third kappa shape index (κ3) is 2.48. The highest BCUT2D eigenvalue weighted by Gasteiger charge is 2.37. The van der Waals surface area contributed by atoms with Crippen molar-refractivity contribution in [1.29, 1.82) is 0 Å². The lowest BCUT2D eigenvalue weighted by Crippen LogP contribution is -2.60. The van der Waals surface area contributed by atoms with Crippen molar-refractivity contribution in [3.8, 4) is 0 Å². The van der Waals surface area contributed by atoms with E-state index in [0.29, 0.717) is 0 Å². The Morgan fingerprint density at radius 2 is 2.07 bits per heavy atom. The highest BCUT2D eigenvalue weighted by Crippen LogP contribution is 2.31. The minimum atomic E-state index is -0.389. The molecule has 2 atom stereocenters. The Morgan fingerprint density at radius 3 is 2.64 bits per heavy atom. The van der Waals surface area contributed by atoms with Crippen LogP contribution in [0.4, 0.5) is 0 Å². The summed E-state index contributed by atoms with van der Waals surface area (Å²) in [6.07, 6.45) is 5.64. The molecule has 0 amide bonds. The van der Waals surface area contributed by atoms with Crippen molar-refractivity contribution < 1.29 is 5.11 Å². The molecule has 0 aromatic heterocycles. The first kappa shape index (κ1) is 10.4. The van der Waals surface area contributed by atoms with E-state index in [9.17, 15) is 5.11 Å². The van der Waals surface area contributed by atoms with Crippen LogP contribution in [0.3, 0.4) is 0 Å². The number of likely N-dealkylation sites (tertiary alicyclic amines) is 1. The number of rotatable bonds is 2. The Bertz CT molecular complexity index is 194. The predicted molar refractivity (Wildman–Crippen MR) is 58.2 cm³/mol. The van der Waals surface area contributed by atoms with Gasteiger partial charge in [-0.1, -0.05) is 19.8 Å². The predicted octanol–water partition coefficient (Wildman–Crippen LogP) is 1.88. The van der Waals surface area contributed by atoms with E-state index in [4.69, 9.17) is 0 Å². The monoisotopic (exact) mass is 197 g/mol. The maximum Gasteiger partial charge on any atom is 0.0872 e. The molecule has 2 aliphatic rings. The van der Waals surface area contributed by atoms with E-state index >= 15 is 0 Å². The van der Waals surface area contributed by atoms with Gasteiger partial charge in [0.2, 0.25) is 0 Å². The lowest BCUT2D eigenvalue weighted by Gasteiger charge is -2.46. The Hall–Kier alpha value is -0.0800. The van der Waals surface area contributed by atoms with Crippen LogP contribution in [0.15, 0.2) is 0 Å². The molecular weight excluding hydrogens is 174 g/mol. The van der Waals surface area contributed by atoms with Gasteiger partial charge in [0.05, 0.1) is 5.60 Å². The van der Waals surface area contributed by atoms with E-state index in [1.165, 1.54) is 32.2 Å². The molecule has 0 spiro atoms. The molecule has 1 saturated carbocycles. The zero-order valence-corrected chi connectivity index (χ0v) is 9.50. The Balaban J connectivity index is 1.71. The van der Waals surface area contributed by atoms with Crippen molar-refractivity contribution in [3.05, 3.63) is 0 Å². The average Bonchev–Trinajstić information content (AvgIpc) is 2.00. The SMILES string of the molecule is CC1CCCC(CN2CC(C)(O)C2)C1. The van der Waals surface area contributed by atoms with Crippen molar-refractivity contribution in [2.45, 2.75) is 45.1 Å². The van der Waals surface area contributed by atoms with E-state index in [1.807, 2.05) is 6.92 Å². The van der Waals surface area contributed by atoms with Crippen LogP contribution in [0.25, 0.3) is 0 Å². The minimum absolute atomic E-state index is 0.389. The van der Waals surface area contributed by atoms with Crippen molar-refractivity contribution >= 4 is 0 Å². The Kier molecular flexibility index (Phi) is 2.85. The van der Waals surface area contributed by atoms with Gasteiger partial charge < -0.3 is 5.11 Å². The highest BCUT2D eigenvalue weighted by atomic mass is 16.3. The number of hydrogen-bond donors (Lipinski definition) is 1. The van der Waals surface area contributed by atoms with Crippen LogP contribution in [0.5, 0.6) is 0 Å². The maximum atomic E-state index is 9.62. The standard InChI is InChI=1S/C12H23NO/c1-10-4-3-5-11(6-10)7-13-8-12(2,14)9-13/h10-11,14H,3-9H2,1-2H3. The summed E-state index contributed by atoms with van der Waals surface area (Å²) < 4.78 is 0. The first-order valence-electron chi connectivity index (χ1n) is 6.00. The molecule has 2 heteroatoms. The van der Waals surface area contributed by atoms with E-state index in [0.717, 1.165) is 24.9 Å². The summed E-state index contributed by atoms with van der Waals surface area (Å²) in [5.41, 5.74) is -0.389. The van der Waals surface area contributed by atoms with Gasteiger partial charge in [0.1, 0.15) is 0 Å². The van der Waals surface area contributed by atoms with Crippen LogP contribution in [-0.4, -0.2) is 35.2 Å². The lowest BCUT2D eigenvalue weighted by molar-refractivity contribution is -0.0904. The molecule has 0 bridgehead atoms. The molecule has 14 heavy (non-hydrogen) atoms. The summed E-state index contributed by atoms with van der Waals surface area (Å²) in [4.78, 5) is 2.41. The molecule has 2 nitrogen and oxygen atoms in total. The summed E-state index contributed by atoms with van der Waals surface area (Å²) >= 11 is 0. The molecule has 1 aliphatic heterocycles. The first-order valence-corrected chi connectivity index (χ1v) is 6.00. The fourth-order valence-electron chi connectivity index (χ4n) is 3.14. The van der Waals surface area contributed by atoms with Gasteiger partial charge in [0, 0.05) is 19.6 Å². The summed E-state index contributed by atoms with van der Waals surface area (Å²) in [5, 5.41) is 9.62. The largest absolute Gasteiger partial charge is 0.388 e. The molecule has 82 valence electrons. The minimum Gasteiger partial charge on any atom is -0.388 e. The van der Waals surface area contributed by atoms with Gasteiger partial charge in [0.25, 0.3) is 0 Å². The van der Waals surface area contributed by atoms with Gasteiger partial charge in [0.15, 0.2) is 0 Å². The zero-order chi connectivity index (χ0) is 10.2. The molecule has 1 N–H and O–H groups in total. The normalized spacial score (nSPS) is 37.9. The molecule has 2 unspecified atom stereocenters. The number of hydrogen-bond acceptors (Lipinski definition) is 2. The first-order chi connectivity index (χ1) is 6.55. The van der Waals surface area contributed by atoms with E-state index in [1.54, 1.807) is 0 Å². The van der Waals surface area contributed by atoms with Crippen LogP contribution < -0.4 is 0 Å². The second-order valence-electron chi connectivity index (χ2n) is 5.80. The average molecular weight is 197 g/mol. The Morgan fingerprint density at radius 1 is 1.36 bits per heavy atom. The summed E-state index contributed by atoms with van der Waals surface area (Å²) in [6.45, 7) is 7.31. The van der Waals surface area contributed by atoms with Gasteiger partial charge in [-0.3, -0.25) is 4.90 Å². The molecule has 1 heterocycles. The van der Waals surface area contributed by atoms with Gasteiger partial charge in [-0.25, -0.2) is 0 Å². The van der Waals surface area contributed by atoms with Crippen LogP contribution in [0.1, 0.15) is 39.5 Å². The van der Waals surface area contributed by atoms with Crippen LogP contribution in [0.2, 0.25) is 0 Å². The Labute approximate surface area is 87.3 Å². The summed E-state index contributed by atoms with van der Waals surface area (Å²) in [7, 11) is 0. The van der Waals surface area contributed by atoms with Crippen molar-refractivity contribution in [2.75, 3.05) is 19.6 Å². The van der Waals surface area contributed by atoms with E-state index in [2.05, 4.69) is 11.8 Å². The zero-order valence-electron chi connectivity index (χ0n) is 9.50. The molecular formula is C12H23NO. The van der Waals surface area contributed by atoms with Gasteiger partial charge in [-0.2, -0.15) is 0 Å². The highest BCUT2D eigenvalue weighted by molar-refractivity contribution is 4.92. The molecule has 0 radical (unpaired) electrons. The lowest BCUT2D eigenvalue weighted by atomic mass is 9.81. The van der Waals surface area contributed by atoms with Gasteiger partial charge >= 0.3 is 0 Å². The molecule has 1 aliphatic carbocycles. The molecule has 2 fully saturated rings. The van der Waals surface area contributed by atoms with E-state index < -0.39 is 0 Å². The quantitative estimate of drug-likeness (QED) is 0.730. The fourth-order valence-corrected chi connectivity index (χ4v) is 3.14. The third-order valence-corrected chi connectivity index (χ3v) is 3.69. The maximum absolute atomic E-state index is 9.62. The summed E-state index contributed by atoms with van der Waals surface area (Å²) in [6, 6.07) is 0. The van der Waals surface area contributed by atoms with E-state index in [-0.39, 0.29) is 5.60 Å². The van der Waals surface area contributed by atoms with Crippen molar-refractivity contribution in [1.82, 2.24) is 4.90 Å². The topological polar surface area (TPSA) is 23.5 Å². The summed E-state index contributed by atoms with van der Waals surface area (Å²) in [5.74, 6) is 1.82. The smallest absolute Gasteiger partial charge is 0.0872 e. The second kappa shape index (κ2) is 3.82. The van der Waals surface area contributed by atoms with Crippen molar-refractivity contribution in [2.24, 2.45) is 11.8 Å². The third-order valence-electron chi connectivity index (χ3n) is 3.69.